The second kappa shape index (κ2) is 8.29. The fraction of sp³-hybridized carbons (Fsp3) is 0.500. The Morgan fingerprint density at radius 2 is 1.76 bits per heavy atom. The van der Waals surface area contributed by atoms with Crippen molar-refractivity contribution in [3.63, 3.8) is 0 Å². The van der Waals surface area contributed by atoms with Crippen molar-refractivity contribution < 1.29 is 23.1 Å². The monoisotopic (exact) mass is 432 g/mol. The molecule has 0 unspecified atom stereocenters. The number of carbonyl (C=O) groups is 2. The lowest BCUT2D eigenvalue weighted by molar-refractivity contribution is -0.138. The molecule has 138 valence electrons. The Morgan fingerprint density at radius 1 is 1.20 bits per heavy atom. The maximum atomic E-state index is 12.7. The average Bonchev–Trinajstić information content (AvgIpc) is 2.54. The Balaban J connectivity index is 2.19. The first kappa shape index (κ1) is 19.9. The molecule has 1 aromatic carbocycles. The first-order valence-electron chi connectivity index (χ1n) is 7.95. The van der Waals surface area contributed by atoms with E-state index in [9.17, 15) is 18.0 Å². The van der Waals surface area contributed by atoms with Gasteiger partial charge in [-0.3, -0.25) is 9.59 Å². The normalized spacial score (nSPS) is 16.2. The van der Waals surface area contributed by atoms with E-state index in [0.717, 1.165) is 17.1 Å². The molecule has 1 aromatic rings. The molecule has 1 N–H and O–H groups in total. The molecule has 0 spiro atoms. The molecule has 0 aromatic heterocycles. The molecule has 9 heteroatoms. The van der Waals surface area contributed by atoms with Crippen molar-refractivity contribution >= 4 is 37.8 Å². The van der Waals surface area contributed by atoms with E-state index in [0.29, 0.717) is 23.5 Å². The van der Waals surface area contributed by atoms with Gasteiger partial charge in [0.05, 0.1) is 11.4 Å². The number of rotatable bonds is 6. The molecular formula is C16H21BrN2O5S. The highest BCUT2D eigenvalue weighted by atomic mass is 79.9. The Bertz CT molecular complexity index is 727. The van der Waals surface area contributed by atoms with E-state index in [1.54, 1.807) is 17.0 Å². The van der Waals surface area contributed by atoms with Crippen molar-refractivity contribution in [3.05, 3.63) is 28.7 Å². The van der Waals surface area contributed by atoms with Crippen LogP contribution in [-0.2, 0) is 19.6 Å². The van der Waals surface area contributed by atoms with Crippen LogP contribution in [0.5, 0.6) is 0 Å². The van der Waals surface area contributed by atoms with Gasteiger partial charge < -0.3 is 10.0 Å². The quantitative estimate of drug-likeness (QED) is 0.738. The number of hydrogen-bond acceptors (Lipinski definition) is 4. The third kappa shape index (κ3) is 5.26. The number of aliphatic carboxylic acids is 1. The summed E-state index contributed by atoms with van der Waals surface area (Å²) in [5.74, 6) is -1.14. The molecule has 25 heavy (non-hydrogen) atoms. The lowest BCUT2D eigenvalue weighted by Gasteiger charge is -2.31. The maximum Gasteiger partial charge on any atom is 0.318 e. The third-order valence-electron chi connectivity index (χ3n) is 4.21. The van der Waals surface area contributed by atoms with Gasteiger partial charge in [0, 0.05) is 17.6 Å². The van der Waals surface area contributed by atoms with Crippen molar-refractivity contribution in [2.45, 2.75) is 24.7 Å². The van der Waals surface area contributed by atoms with E-state index in [4.69, 9.17) is 5.11 Å². The minimum absolute atomic E-state index is 0.0444. The van der Waals surface area contributed by atoms with Gasteiger partial charge in [-0.05, 0) is 43.0 Å². The molecule has 1 aliphatic heterocycles. The van der Waals surface area contributed by atoms with Crippen molar-refractivity contribution in [2.24, 2.45) is 5.92 Å². The average molecular weight is 433 g/mol. The summed E-state index contributed by atoms with van der Waals surface area (Å²) in [6.07, 6.45) is 1.73. The minimum Gasteiger partial charge on any atom is -0.480 e. The number of carboxylic acids is 1. The Hall–Kier alpha value is -1.45. The molecule has 1 heterocycles. The van der Waals surface area contributed by atoms with Gasteiger partial charge in [0.1, 0.15) is 6.54 Å². The molecule has 2 rings (SSSR count). The maximum absolute atomic E-state index is 12.7. The predicted octanol–water partition coefficient (Wildman–Crippen LogP) is 1.78. The Morgan fingerprint density at radius 3 is 2.28 bits per heavy atom. The van der Waals surface area contributed by atoms with E-state index in [-0.39, 0.29) is 10.8 Å². The van der Waals surface area contributed by atoms with Gasteiger partial charge in [-0.2, -0.15) is 4.31 Å². The summed E-state index contributed by atoms with van der Waals surface area (Å²) in [6, 6.07) is 5.86. The van der Waals surface area contributed by atoms with Crippen LogP contribution in [0.15, 0.2) is 33.6 Å². The number of piperidine rings is 1. The lowest BCUT2D eigenvalue weighted by Crippen LogP contribution is -2.46. The van der Waals surface area contributed by atoms with E-state index < -0.39 is 29.1 Å². The molecule has 0 aliphatic carbocycles. The molecule has 1 amide bonds. The SMILES string of the molecule is CC1CCN(C(=O)CN(CC(=O)O)S(=O)(=O)c2ccc(Br)cc2)CC1. The second-order valence-electron chi connectivity index (χ2n) is 6.18. The largest absolute Gasteiger partial charge is 0.480 e. The molecule has 1 aliphatic rings. The van der Waals surface area contributed by atoms with Gasteiger partial charge >= 0.3 is 5.97 Å². The van der Waals surface area contributed by atoms with E-state index in [2.05, 4.69) is 22.9 Å². The summed E-state index contributed by atoms with van der Waals surface area (Å²) in [6.45, 7) is 2.02. The number of amides is 1. The number of benzene rings is 1. The van der Waals surface area contributed by atoms with E-state index in [1.807, 2.05) is 0 Å². The van der Waals surface area contributed by atoms with Crippen LogP contribution in [0.1, 0.15) is 19.8 Å². The van der Waals surface area contributed by atoms with Crippen LogP contribution in [0.2, 0.25) is 0 Å². The highest BCUT2D eigenvalue weighted by Crippen LogP contribution is 2.20. The highest BCUT2D eigenvalue weighted by molar-refractivity contribution is 9.10. The number of carbonyl (C=O) groups excluding carboxylic acids is 1. The minimum atomic E-state index is -4.07. The number of sulfonamides is 1. The number of likely N-dealkylation sites (tertiary alicyclic amines) is 1. The van der Waals surface area contributed by atoms with Crippen LogP contribution in [-0.4, -0.2) is 60.8 Å². The Labute approximate surface area is 155 Å². The van der Waals surface area contributed by atoms with Crippen molar-refractivity contribution in [2.75, 3.05) is 26.2 Å². The summed E-state index contributed by atoms with van der Waals surface area (Å²) in [4.78, 5) is 25.1. The zero-order valence-corrected chi connectivity index (χ0v) is 16.3. The second-order valence-corrected chi connectivity index (χ2v) is 9.04. The van der Waals surface area contributed by atoms with Gasteiger partial charge in [-0.25, -0.2) is 8.42 Å². The standard InChI is InChI=1S/C16H21BrN2O5S/c1-12-6-8-18(9-7-12)15(20)10-19(11-16(21)22)25(23,24)14-4-2-13(17)3-5-14/h2-5,12H,6-11H2,1H3,(H,21,22). The molecule has 7 nitrogen and oxygen atoms in total. The molecular weight excluding hydrogens is 412 g/mol. The van der Waals surface area contributed by atoms with Gasteiger partial charge in [0.15, 0.2) is 0 Å². The number of nitrogens with zero attached hydrogens (tertiary/aromatic N) is 2. The van der Waals surface area contributed by atoms with Gasteiger partial charge in [-0.15, -0.1) is 0 Å². The Kier molecular flexibility index (Phi) is 6.59. The van der Waals surface area contributed by atoms with Crippen molar-refractivity contribution in [3.8, 4) is 0 Å². The highest BCUT2D eigenvalue weighted by Gasteiger charge is 2.31. The molecule has 0 bridgehead atoms. The zero-order chi connectivity index (χ0) is 18.6. The number of carboxylic acid groups (broad SMARTS) is 1. The van der Waals surface area contributed by atoms with Crippen LogP contribution >= 0.6 is 15.9 Å². The molecule has 0 radical (unpaired) electrons. The first-order valence-corrected chi connectivity index (χ1v) is 10.2. The van der Waals surface area contributed by atoms with Crippen LogP contribution in [0.4, 0.5) is 0 Å². The lowest BCUT2D eigenvalue weighted by atomic mass is 9.99. The summed E-state index contributed by atoms with van der Waals surface area (Å²) >= 11 is 3.22. The zero-order valence-electron chi connectivity index (χ0n) is 13.9. The predicted molar refractivity (Wildman–Crippen MR) is 95.5 cm³/mol. The molecule has 1 saturated heterocycles. The van der Waals surface area contributed by atoms with Crippen LogP contribution < -0.4 is 0 Å². The van der Waals surface area contributed by atoms with E-state index in [1.165, 1.54) is 12.1 Å². The molecule has 0 saturated carbocycles. The van der Waals surface area contributed by atoms with Crippen molar-refractivity contribution in [1.29, 1.82) is 0 Å². The molecule has 1 fully saturated rings. The van der Waals surface area contributed by atoms with E-state index >= 15 is 0 Å². The van der Waals surface area contributed by atoms with Crippen LogP contribution in [0.25, 0.3) is 0 Å². The number of hydrogen-bond donors (Lipinski definition) is 1. The summed E-state index contributed by atoms with van der Waals surface area (Å²) in [5, 5.41) is 9.06. The summed E-state index contributed by atoms with van der Waals surface area (Å²) in [7, 11) is -4.07. The smallest absolute Gasteiger partial charge is 0.318 e. The first-order chi connectivity index (χ1) is 11.7. The van der Waals surface area contributed by atoms with Crippen LogP contribution in [0.3, 0.4) is 0 Å². The third-order valence-corrected chi connectivity index (χ3v) is 6.55. The van der Waals surface area contributed by atoms with Gasteiger partial charge in [0.25, 0.3) is 0 Å². The summed E-state index contributed by atoms with van der Waals surface area (Å²) in [5.41, 5.74) is 0. The van der Waals surface area contributed by atoms with Gasteiger partial charge in [0.2, 0.25) is 15.9 Å². The van der Waals surface area contributed by atoms with Gasteiger partial charge in [-0.1, -0.05) is 22.9 Å². The topological polar surface area (TPSA) is 95.0 Å². The molecule has 0 atom stereocenters. The fourth-order valence-corrected chi connectivity index (χ4v) is 4.24. The van der Waals surface area contributed by atoms with Crippen LogP contribution in [0, 0.1) is 5.92 Å². The van der Waals surface area contributed by atoms with Crippen molar-refractivity contribution in [1.82, 2.24) is 9.21 Å². The number of halogens is 1. The fourth-order valence-electron chi connectivity index (χ4n) is 2.64. The summed E-state index contributed by atoms with van der Waals surface area (Å²) < 4.78 is 26.9.